The number of aromatic nitrogens is 2. The summed E-state index contributed by atoms with van der Waals surface area (Å²) in [6.07, 6.45) is 0. The SMILES string of the molecule is CNC(C)C(=O)Nc1cc(C)nc(OC)n1. The van der Waals surface area contributed by atoms with Crippen LogP contribution < -0.4 is 15.4 Å². The minimum absolute atomic E-state index is 0.150. The third-order valence-electron chi connectivity index (χ3n) is 2.09. The summed E-state index contributed by atoms with van der Waals surface area (Å²) >= 11 is 0. The monoisotopic (exact) mass is 224 g/mol. The van der Waals surface area contributed by atoms with Crippen LogP contribution in [0.1, 0.15) is 12.6 Å². The summed E-state index contributed by atoms with van der Waals surface area (Å²) in [6.45, 7) is 3.57. The van der Waals surface area contributed by atoms with Gasteiger partial charge in [-0.2, -0.15) is 4.98 Å². The van der Waals surface area contributed by atoms with Gasteiger partial charge in [-0.1, -0.05) is 0 Å². The molecule has 6 nitrogen and oxygen atoms in total. The molecule has 1 amide bonds. The summed E-state index contributed by atoms with van der Waals surface area (Å²) in [5.41, 5.74) is 0.735. The van der Waals surface area contributed by atoms with Gasteiger partial charge in [0, 0.05) is 11.8 Å². The van der Waals surface area contributed by atoms with Crippen molar-refractivity contribution >= 4 is 11.7 Å². The molecule has 0 aromatic carbocycles. The molecule has 16 heavy (non-hydrogen) atoms. The molecule has 0 spiro atoms. The first-order valence-corrected chi connectivity index (χ1v) is 4.94. The van der Waals surface area contributed by atoms with Crippen LogP contribution in [0.15, 0.2) is 6.07 Å². The lowest BCUT2D eigenvalue weighted by atomic mass is 10.3. The molecule has 0 radical (unpaired) electrons. The van der Waals surface area contributed by atoms with Crippen LogP contribution in [-0.2, 0) is 4.79 Å². The van der Waals surface area contributed by atoms with Gasteiger partial charge in [-0.3, -0.25) is 4.79 Å². The van der Waals surface area contributed by atoms with Crippen molar-refractivity contribution in [3.8, 4) is 6.01 Å². The number of amides is 1. The molecule has 0 fully saturated rings. The highest BCUT2D eigenvalue weighted by molar-refractivity contribution is 5.93. The molecule has 0 aliphatic heterocycles. The maximum atomic E-state index is 11.6. The molecule has 88 valence electrons. The summed E-state index contributed by atoms with van der Waals surface area (Å²) in [4.78, 5) is 19.6. The fourth-order valence-corrected chi connectivity index (χ4v) is 1.06. The van der Waals surface area contributed by atoms with E-state index in [1.165, 1.54) is 7.11 Å². The Bertz CT molecular complexity index is 381. The van der Waals surface area contributed by atoms with E-state index in [1.807, 2.05) is 0 Å². The van der Waals surface area contributed by atoms with Crippen molar-refractivity contribution in [2.24, 2.45) is 0 Å². The number of rotatable bonds is 4. The van der Waals surface area contributed by atoms with Crippen LogP contribution in [-0.4, -0.2) is 36.1 Å². The minimum Gasteiger partial charge on any atom is -0.467 e. The van der Waals surface area contributed by atoms with Gasteiger partial charge in [-0.25, -0.2) is 4.98 Å². The fraction of sp³-hybridized carbons (Fsp3) is 0.500. The topological polar surface area (TPSA) is 76.1 Å². The van der Waals surface area contributed by atoms with Crippen LogP contribution in [0.5, 0.6) is 6.01 Å². The second kappa shape index (κ2) is 5.41. The largest absolute Gasteiger partial charge is 0.467 e. The number of carbonyl (C=O) groups is 1. The lowest BCUT2D eigenvalue weighted by Gasteiger charge is -2.11. The van der Waals surface area contributed by atoms with Gasteiger partial charge in [-0.05, 0) is 20.9 Å². The van der Waals surface area contributed by atoms with Crippen molar-refractivity contribution in [3.63, 3.8) is 0 Å². The normalized spacial score (nSPS) is 12.0. The Kier molecular flexibility index (Phi) is 4.19. The van der Waals surface area contributed by atoms with Gasteiger partial charge in [0.2, 0.25) is 5.91 Å². The Labute approximate surface area is 94.4 Å². The molecule has 1 aromatic rings. The number of carbonyl (C=O) groups excluding carboxylic acids is 1. The van der Waals surface area contributed by atoms with Crippen molar-refractivity contribution in [2.75, 3.05) is 19.5 Å². The maximum Gasteiger partial charge on any atom is 0.318 e. The van der Waals surface area contributed by atoms with E-state index >= 15 is 0 Å². The summed E-state index contributed by atoms with van der Waals surface area (Å²) in [7, 11) is 3.20. The van der Waals surface area contributed by atoms with Gasteiger partial charge < -0.3 is 15.4 Å². The quantitative estimate of drug-likeness (QED) is 0.771. The van der Waals surface area contributed by atoms with Gasteiger partial charge in [0.15, 0.2) is 0 Å². The first-order valence-electron chi connectivity index (χ1n) is 4.94. The smallest absolute Gasteiger partial charge is 0.318 e. The van der Waals surface area contributed by atoms with Crippen LogP contribution >= 0.6 is 0 Å². The summed E-state index contributed by atoms with van der Waals surface area (Å²) in [6, 6.07) is 1.65. The molecule has 2 N–H and O–H groups in total. The molecule has 1 unspecified atom stereocenters. The van der Waals surface area contributed by atoms with Gasteiger partial charge in [0.25, 0.3) is 0 Å². The Balaban J connectivity index is 2.81. The van der Waals surface area contributed by atoms with Crippen LogP contribution in [0.4, 0.5) is 5.82 Å². The number of methoxy groups -OCH3 is 1. The third kappa shape index (κ3) is 3.16. The number of hydrogen-bond acceptors (Lipinski definition) is 5. The van der Waals surface area contributed by atoms with E-state index in [0.717, 1.165) is 5.69 Å². The lowest BCUT2D eigenvalue weighted by Crippen LogP contribution is -2.35. The highest BCUT2D eigenvalue weighted by Gasteiger charge is 2.12. The van der Waals surface area contributed by atoms with E-state index in [4.69, 9.17) is 4.74 Å². The van der Waals surface area contributed by atoms with Gasteiger partial charge in [0.1, 0.15) is 5.82 Å². The maximum absolute atomic E-state index is 11.6. The number of nitrogens with zero attached hydrogens (tertiary/aromatic N) is 2. The number of anilines is 1. The Morgan fingerprint density at radius 2 is 2.19 bits per heavy atom. The highest BCUT2D eigenvalue weighted by Crippen LogP contribution is 2.10. The average molecular weight is 224 g/mol. The van der Waals surface area contributed by atoms with Gasteiger partial charge in [-0.15, -0.1) is 0 Å². The van der Waals surface area contributed by atoms with Gasteiger partial charge >= 0.3 is 6.01 Å². The molecular weight excluding hydrogens is 208 g/mol. The molecule has 1 heterocycles. The summed E-state index contributed by atoms with van der Waals surface area (Å²) in [5.74, 6) is 0.291. The molecule has 0 saturated carbocycles. The van der Waals surface area contributed by atoms with Crippen LogP contribution in [0, 0.1) is 6.92 Å². The average Bonchev–Trinajstić information content (AvgIpc) is 2.26. The van der Waals surface area contributed by atoms with Crippen molar-refractivity contribution in [2.45, 2.75) is 19.9 Å². The summed E-state index contributed by atoms with van der Waals surface area (Å²) < 4.78 is 4.91. The van der Waals surface area contributed by atoms with E-state index in [2.05, 4.69) is 20.6 Å². The molecule has 0 aliphatic carbocycles. The molecule has 1 atom stereocenters. The molecule has 0 saturated heterocycles. The van der Waals surface area contributed by atoms with Crippen molar-refractivity contribution in [1.82, 2.24) is 15.3 Å². The molecular formula is C10H16N4O2. The van der Waals surface area contributed by atoms with Crippen molar-refractivity contribution < 1.29 is 9.53 Å². The standard InChI is InChI=1S/C10H16N4O2/c1-6-5-8(14-10(12-6)16-4)13-9(15)7(2)11-3/h5,7,11H,1-4H3,(H,12,13,14,15). The van der Waals surface area contributed by atoms with Crippen molar-refractivity contribution in [1.29, 1.82) is 0 Å². The molecule has 1 rings (SSSR count). The van der Waals surface area contributed by atoms with E-state index in [-0.39, 0.29) is 18.0 Å². The van der Waals surface area contributed by atoms with Gasteiger partial charge in [0.05, 0.1) is 13.2 Å². The number of nitrogens with one attached hydrogen (secondary N) is 2. The van der Waals surface area contributed by atoms with E-state index in [1.54, 1.807) is 27.0 Å². The Morgan fingerprint density at radius 3 is 2.75 bits per heavy atom. The Hall–Kier alpha value is -1.69. The zero-order valence-electron chi connectivity index (χ0n) is 9.87. The fourth-order valence-electron chi connectivity index (χ4n) is 1.06. The third-order valence-corrected chi connectivity index (χ3v) is 2.09. The molecule has 0 aliphatic rings. The number of aryl methyl sites for hydroxylation is 1. The van der Waals surface area contributed by atoms with E-state index in [0.29, 0.717) is 5.82 Å². The molecule has 1 aromatic heterocycles. The highest BCUT2D eigenvalue weighted by atomic mass is 16.5. The van der Waals surface area contributed by atoms with E-state index < -0.39 is 0 Å². The zero-order chi connectivity index (χ0) is 12.1. The minimum atomic E-state index is -0.277. The summed E-state index contributed by atoms with van der Waals surface area (Å²) in [5, 5.41) is 5.52. The number of hydrogen-bond donors (Lipinski definition) is 2. The second-order valence-corrected chi connectivity index (χ2v) is 3.38. The zero-order valence-corrected chi connectivity index (χ0v) is 9.87. The first kappa shape index (κ1) is 12.4. The number of ether oxygens (including phenoxy) is 1. The van der Waals surface area contributed by atoms with Crippen LogP contribution in [0.2, 0.25) is 0 Å². The molecule has 6 heteroatoms. The van der Waals surface area contributed by atoms with Crippen LogP contribution in [0.3, 0.4) is 0 Å². The van der Waals surface area contributed by atoms with E-state index in [9.17, 15) is 4.79 Å². The predicted octanol–water partition coefficient (Wildman–Crippen LogP) is 0.340. The molecule has 0 bridgehead atoms. The Morgan fingerprint density at radius 1 is 1.50 bits per heavy atom. The number of likely N-dealkylation sites (N-methyl/N-ethyl adjacent to an activating group) is 1. The lowest BCUT2D eigenvalue weighted by molar-refractivity contribution is -0.117. The first-order chi connectivity index (χ1) is 7.56. The second-order valence-electron chi connectivity index (χ2n) is 3.38. The predicted molar refractivity (Wildman–Crippen MR) is 60.5 cm³/mol. The van der Waals surface area contributed by atoms with Crippen LogP contribution in [0.25, 0.3) is 0 Å². The van der Waals surface area contributed by atoms with Crippen molar-refractivity contribution in [3.05, 3.63) is 11.8 Å².